The van der Waals surface area contributed by atoms with Crippen molar-refractivity contribution in [3.8, 4) is 11.4 Å². The van der Waals surface area contributed by atoms with Crippen molar-refractivity contribution < 1.29 is 4.79 Å². The molecule has 0 N–H and O–H groups in total. The number of aromatic nitrogens is 2. The predicted octanol–water partition coefficient (Wildman–Crippen LogP) is 4.24. The summed E-state index contributed by atoms with van der Waals surface area (Å²) in [6, 6.07) is 18.1. The molecule has 26 heavy (non-hydrogen) atoms. The summed E-state index contributed by atoms with van der Waals surface area (Å²) in [7, 11) is 0. The van der Waals surface area contributed by atoms with Gasteiger partial charge in [0.15, 0.2) is 5.82 Å². The van der Waals surface area contributed by atoms with E-state index in [0.29, 0.717) is 12.8 Å². The van der Waals surface area contributed by atoms with Crippen molar-refractivity contribution in [3.05, 3.63) is 60.3 Å². The molecule has 1 aliphatic rings. The summed E-state index contributed by atoms with van der Waals surface area (Å²) < 4.78 is 0. The van der Waals surface area contributed by atoms with Crippen LogP contribution >= 0.6 is 0 Å². The van der Waals surface area contributed by atoms with Gasteiger partial charge < -0.3 is 4.90 Å². The van der Waals surface area contributed by atoms with E-state index in [1.807, 2.05) is 59.5 Å². The number of aryl methyl sites for hydroxylation is 1. The van der Waals surface area contributed by atoms with Crippen LogP contribution in [0.4, 0.5) is 0 Å². The Morgan fingerprint density at radius 3 is 2.42 bits per heavy atom. The molecule has 3 aromatic rings. The summed E-state index contributed by atoms with van der Waals surface area (Å²) in [5.41, 5.74) is 2.89. The summed E-state index contributed by atoms with van der Waals surface area (Å²) in [6.45, 7) is 1.80. The Labute approximate surface area is 153 Å². The van der Waals surface area contributed by atoms with E-state index >= 15 is 0 Å². The van der Waals surface area contributed by atoms with Gasteiger partial charge in [0.25, 0.3) is 0 Å². The molecule has 0 spiro atoms. The maximum Gasteiger partial charge on any atom is 0.222 e. The Hall–Kier alpha value is -2.75. The molecule has 0 atom stereocenters. The van der Waals surface area contributed by atoms with E-state index in [-0.39, 0.29) is 5.91 Å². The first-order valence-electron chi connectivity index (χ1n) is 9.40. The van der Waals surface area contributed by atoms with E-state index in [9.17, 15) is 4.79 Å². The molecule has 2 heterocycles. The van der Waals surface area contributed by atoms with Gasteiger partial charge in [0.2, 0.25) is 5.91 Å². The smallest absolute Gasteiger partial charge is 0.222 e. The Morgan fingerprint density at radius 2 is 1.62 bits per heavy atom. The molecule has 0 bridgehead atoms. The van der Waals surface area contributed by atoms with Crippen molar-refractivity contribution in [1.82, 2.24) is 14.9 Å². The van der Waals surface area contributed by atoms with Crippen molar-refractivity contribution in [1.29, 1.82) is 0 Å². The number of piperidine rings is 1. The van der Waals surface area contributed by atoms with Crippen LogP contribution in [0.5, 0.6) is 0 Å². The SMILES string of the molecule is O=C(CCc1nc(-c2ccccc2)nc2ccccc12)N1CCCCC1. The highest BCUT2D eigenvalue weighted by Gasteiger charge is 2.17. The fourth-order valence-corrected chi connectivity index (χ4v) is 3.58. The van der Waals surface area contributed by atoms with Crippen LogP contribution in [0, 0.1) is 0 Å². The number of amides is 1. The summed E-state index contributed by atoms with van der Waals surface area (Å²) in [5, 5.41) is 1.04. The average Bonchev–Trinajstić information content (AvgIpc) is 2.73. The third kappa shape index (κ3) is 3.59. The molecule has 1 aromatic heterocycles. The van der Waals surface area contributed by atoms with Gasteiger partial charge in [-0.2, -0.15) is 0 Å². The highest BCUT2D eigenvalue weighted by molar-refractivity contribution is 5.84. The first-order chi connectivity index (χ1) is 12.8. The van der Waals surface area contributed by atoms with Gasteiger partial charge in [-0.05, 0) is 31.7 Å². The quantitative estimate of drug-likeness (QED) is 0.710. The van der Waals surface area contributed by atoms with E-state index < -0.39 is 0 Å². The number of carbonyl (C=O) groups excluding carboxylic acids is 1. The second-order valence-electron chi connectivity index (χ2n) is 6.82. The zero-order valence-corrected chi connectivity index (χ0v) is 14.9. The molecule has 2 aromatic carbocycles. The van der Waals surface area contributed by atoms with Crippen molar-refractivity contribution in [2.75, 3.05) is 13.1 Å². The lowest BCUT2D eigenvalue weighted by molar-refractivity contribution is -0.132. The normalized spacial score (nSPS) is 14.5. The van der Waals surface area contributed by atoms with Gasteiger partial charge in [0.1, 0.15) is 0 Å². The molecule has 4 nitrogen and oxygen atoms in total. The third-order valence-corrected chi connectivity index (χ3v) is 5.00. The first-order valence-corrected chi connectivity index (χ1v) is 9.40. The summed E-state index contributed by atoms with van der Waals surface area (Å²) in [5.74, 6) is 0.971. The molecule has 0 unspecified atom stereocenters. The lowest BCUT2D eigenvalue weighted by atomic mass is 10.1. The number of carbonyl (C=O) groups is 1. The van der Waals surface area contributed by atoms with E-state index in [2.05, 4.69) is 0 Å². The number of nitrogens with zero attached hydrogens (tertiary/aromatic N) is 3. The Balaban J connectivity index is 1.61. The maximum absolute atomic E-state index is 12.5. The number of hydrogen-bond donors (Lipinski definition) is 0. The average molecular weight is 345 g/mol. The topological polar surface area (TPSA) is 46.1 Å². The zero-order chi connectivity index (χ0) is 17.8. The molecule has 132 valence electrons. The number of benzene rings is 2. The maximum atomic E-state index is 12.5. The highest BCUT2D eigenvalue weighted by atomic mass is 16.2. The number of hydrogen-bond acceptors (Lipinski definition) is 3. The number of para-hydroxylation sites is 1. The Bertz CT molecular complexity index is 902. The first kappa shape index (κ1) is 16.7. The largest absolute Gasteiger partial charge is 0.343 e. The third-order valence-electron chi connectivity index (χ3n) is 5.00. The van der Waals surface area contributed by atoms with Gasteiger partial charge in [-0.25, -0.2) is 9.97 Å². The zero-order valence-electron chi connectivity index (χ0n) is 14.9. The molecule has 1 fully saturated rings. The van der Waals surface area contributed by atoms with Crippen LogP contribution in [0.2, 0.25) is 0 Å². The molecule has 0 aliphatic carbocycles. The number of rotatable bonds is 4. The minimum Gasteiger partial charge on any atom is -0.343 e. The van der Waals surface area contributed by atoms with E-state index in [0.717, 1.165) is 53.9 Å². The lowest BCUT2D eigenvalue weighted by Gasteiger charge is -2.26. The molecule has 1 aliphatic heterocycles. The fourth-order valence-electron chi connectivity index (χ4n) is 3.58. The second-order valence-corrected chi connectivity index (χ2v) is 6.82. The summed E-state index contributed by atoms with van der Waals surface area (Å²) >= 11 is 0. The predicted molar refractivity (Wildman–Crippen MR) is 104 cm³/mol. The van der Waals surface area contributed by atoms with Gasteiger partial charge in [-0.1, -0.05) is 48.5 Å². The Kier molecular flexibility index (Phi) is 4.91. The van der Waals surface area contributed by atoms with Crippen LogP contribution in [0.25, 0.3) is 22.3 Å². The van der Waals surface area contributed by atoms with Crippen molar-refractivity contribution >= 4 is 16.8 Å². The molecule has 4 rings (SSSR count). The van der Waals surface area contributed by atoms with Crippen molar-refractivity contribution in [2.45, 2.75) is 32.1 Å². The molecule has 0 saturated carbocycles. The van der Waals surface area contributed by atoms with Crippen LogP contribution in [0.1, 0.15) is 31.4 Å². The minimum atomic E-state index is 0.244. The van der Waals surface area contributed by atoms with E-state index in [1.54, 1.807) is 0 Å². The molecule has 1 amide bonds. The summed E-state index contributed by atoms with van der Waals surface area (Å²) in [6.07, 6.45) is 4.65. The van der Waals surface area contributed by atoms with Gasteiger partial charge >= 0.3 is 0 Å². The van der Waals surface area contributed by atoms with E-state index in [4.69, 9.17) is 9.97 Å². The molecular weight excluding hydrogens is 322 g/mol. The number of fused-ring (bicyclic) bond motifs is 1. The lowest BCUT2D eigenvalue weighted by Crippen LogP contribution is -2.35. The summed E-state index contributed by atoms with van der Waals surface area (Å²) in [4.78, 5) is 24.1. The van der Waals surface area contributed by atoms with Crippen LogP contribution in [-0.4, -0.2) is 33.9 Å². The van der Waals surface area contributed by atoms with Crippen LogP contribution < -0.4 is 0 Å². The Morgan fingerprint density at radius 1 is 0.885 bits per heavy atom. The van der Waals surface area contributed by atoms with E-state index in [1.165, 1.54) is 6.42 Å². The van der Waals surface area contributed by atoms with Crippen LogP contribution in [0.3, 0.4) is 0 Å². The van der Waals surface area contributed by atoms with Gasteiger partial charge in [-0.15, -0.1) is 0 Å². The molecular formula is C22H23N3O. The standard InChI is InChI=1S/C22H23N3O/c26-21(25-15-7-2-8-16-25)14-13-20-18-11-5-6-12-19(18)23-22(24-20)17-9-3-1-4-10-17/h1,3-6,9-12H,2,7-8,13-16H2. The molecule has 4 heteroatoms. The monoisotopic (exact) mass is 345 g/mol. The van der Waals surface area contributed by atoms with Gasteiger partial charge in [0, 0.05) is 30.5 Å². The van der Waals surface area contributed by atoms with Crippen molar-refractivity contribution in [2.24, 2.45) is 0 Å². The fraction of sp³-hybridized carbons (Fsp3) is 0.318. The van der Waals surface area contributed by atoms with Gasteiger partial charge in [0.05, 0.1) is 11.2 Å². The van der Waals surface area contributed by atoms with Crippen LogP contribution in [-0.2, 0) is 11.2 Å². The second kappa shape index (κ2) is 7.65. The highest BCUT2D eigenvalue weighted by Crippen LogP contribution is 2.23. The van der Waals surface area contributed by atoms with Gasteiger partial charge in [-0.3, -0.25) is 4.79 Å². The number of likely N-dealkylation sites (tertiary alicyclic amines) is 1. The minimum absolute atomic E-state index is 0.244. The molecule has 0 radical (unpaired) electrons. The molecule has 1 saturated heterocycles. The van der Waals surface area contributed by atoms with Crippen molar-refractivity contribution in [3.63, 3.8) is 0 Å². The van der Waals surface area contributed by atoms with Crippen LogP contribution in [0.15, 0.2) is 54.6 Å².